The number of fused-ring (bicyclic) bond motifs is 1. The van der Waals surface area contributed by atoms with Gasteiger partial charge in [-0.2, -0.15) is 0 Å². The summed E-state index contributed by atoms with van der Waals surface area (Å²) in [6, 6.07) is 0. The Morgan fingerprint density at radius 2 is 1.74 bits per heavy atom. The predicted molar refractivity (Wildman–Crippen MR) is 85.2 cm³/mol. The van der Waals surface area contributed by atoms with E-state index in [2.05, 4.69) is 41.5 Å². The maximum absolute atomic E-state index is 2.65. The van der Waals surface area contributed by atoms with Gasteiger partial charge in [-0.25, -0.2) is 0 Å². The van der Waals surface area contributed by atoms with Gasteiger partial charge in [-0.1, -0.05) is 60.8 Å². The average Bonchev–Trinajstić information content (AvgIpc) is 2.26. The molecule has 112 valence electrons. The van der Waals surface area contributed by atoms with Gasteiger partial charge in [-0.15, -0.1) is 0 Å². The summed E-state index contributed by atoms with van der Waals surface area (Å²) in [5, 5.41) is 0. The fourth-order valence-corrected chi connectivity index (χ4v) is 5.74. The van der Waals surface area contributed by atoms with Crippen LogP contribution in [-0.4, -0.2) is 0 Å². The van der Waals surface area contributed by atoms with Crippen molar-refractivity contribution in [1.82, 2.24) is 0 Å². The van der Waals surface area contributed by atoms with Crippen molar-refractivity contribution in [2.24, 2.45) is 34.5 Å². The van der Waals surface area contributed by atoms with Crippen LogP contribution < -0.4 is 0 Å². The van der Waals surface area contributed by atoms with Gasteiger partial charge >= 0.3 is 0 Å². The molecule has 0 nitrogen and oxygen atoms in total. The molecule has 0 spiro atoms. The quantitative estimate of drug-likeness (QED) is 0.561. The Bertz CT molecular complexity index is 301. The highest BCUT2D eigenvalue weighted by atomic mass is 14.6. The van der Waals surface area contributed by atoms with Gasteiger partial charge in [0.05, 0.1) is 0 Å². The molecular weight excluding hydrogens is 228 g/mol. The summed E-state index contributed by atoms with van der Waals surface area (Å²) in [4.78, 5) is 0. The molecular formula is C19H36. The Morgan fingerprint density at radius 1 is 1.05 bits per heavy atom. The molecule has 2 fully saturated rings. The third-order valence-corrected chi connectivity index (χ3v) is 6.78. The predicted octanol–water partition coefficient (Wildman–Crippen LogP) is 6.30. The molecule has 4 unspecified atom stereocenters. The van der Waals surface area contributed by atoms with E-state index in [1.54, 1.807) is 0 Å². The van der Waals surface area contributed by atoms with E-state index in [4.69, 9.17) is 0 Å². The molecule has 2 saturated carbocycles. The fourth-order valence-electron chi connectivity index (χ4n) is 5.74. The first kappa shape index (κ1) is 15.4. The van der Waals surface area contributed by atoms with Crippen molar-refractivity contribution in [3.05, 3.63) is 0 Å². The summed E-state index contributed by atoms with van der Waals surface area (Å²) in [6.45, 7) is 15.1. The summed E-state index contributed by atoms with van der Waals surface area (Å²) in [6.07, 6.45) is 10.3. The Balaban J connectivity index is 2.20. The third-order valence-electron chi connectivity index (χ3n) is 6.78. The number of hydrogen-bond donors (Lipinski definition) is 0. The Labute approximate surface area is 121 Å². The van der Waals surface area contributed by atoms with Gasteiger partial charge in [0.2, 0.25) is 0 Å². The van der Waals surface area contributed by atoms with Crippen LogP contribution in [0.5, 0.6) is 0 Å². The minimum absolute atomic E-state index is 0.587. The van der Waals surface area contributed by atoms with Crippen molar-refractivity contribution in [1.29, 1.82) is 0 Å². The second-order valence-electron chi connectivity index (χ2n) is 9.03. The van der Waals surface area contributed by atoms with Crippen molar-refractivity contribution in [2.75, 3.05) is 0 Å². The normalized spacial score (nSPS) is 42.2. The van der Waals surface area contributed by atoms with E-state index >= 15 is 0 Å². The van der Waals surface area contributed by atoms with Crippen molar-refractivity contribution < 1.29 is 0 Å². The van der Waals surface area contributed by atoms with Gasteiger partial charge < -0.3 is 0 Å². The number of rotatable bonds is 3. The van der Waals surface area contributed by atoms with Crippen molar-refractivity contribution in [2.45, 2.75) is 86.5 Å². The molecule has 0 aromatic heterocycles. The molecule has 19 heavy (non-hydrogen) atoms. The summed E-state index contributed by atoms with van der Waals surface area (Å²) in [7, 11) is 0. The highest BCUT2D eigenvalue weighted by molar-refractivity contribution is 5.02. The molecule has 0 aromatic rings. The minimum Gasteiger partial charge on any atom is -0.0628 e. The summed E-state index contributed by atoms with van der Waals surface area (Å²) < 4.78 is 0. The lowest BCUT2D eigenvalue weighted by atomic mass is 9.46. The molecule has 0 aromatic carbocycles. The first-order chi connectivity index (χ1) is 8.77. The largest absolute Gasteiger partial charge is 0.0628 e. The second-order valence-corrected chi connectivity index (χ2v) is 9.03. The topological polar surface area (TPSA) is 0 Å². The van der Waals surface area contributed by atoms with Gasteiger partial charge in [0.15, 0.2) is 0 Å². The Kier molecular flexibility index (Phi) is 4.38. The van der Waals surface area contributed by atoms with Crippen LogP contribution in [0.2, 0.25) is 0 Å². The number of hydrogen-bond acceptors (Lipinski definition) is 0. The fraction of sp³-hybridized carbons (Fsp3) is 1.00. The smallest absolute Gasteiger partial charge is 0.0262 e. The van der Waals surface area contributed by atoms with Crippen molar-refractivity contribution >= 4 is 0 Å². The Hall–Kier alpha value is 0. The first-order valence-electron chi connectivity index (χ1n) is 8.77. The maximum Gasteiger partial charge on any atom is -0.0262 e. The molecule has 0 N–H and O–H groups in total. The molecule has 0 radical (unpaired) electrons. The van der Waals surface area contributed by atoms with Crippen LogP contribution in [0.25, 0.3) is 0 Å². The molecule has 0 saturated heterocycles. The zero-order valence-corrected chi connectivity index (χ0v) is 14.3. The van der Waals surface area contributed by atoms with E-state index in [0.29, 0.717) is 10.8 Å². The van der Waals surface area contributed by atoms with Gasteiger partial charge in [0.1, 0.15) is 0 Å². The Morgan fingerprint density at radius 3 is 2.37 bits per heavy atom. The van der Waals surface area contributed by atoms with Crippen LogP contribution in [0.4, 0.5) is 0 Å². The highest BCUT2D eigenvalue weighted by Crippen LogP contribution is 2.62. The van der Waals surface area contributed by atoms with E-state index in [9.17, 15) is 0 Å². The molecule has 0 heterocycles. The van der Waals surface area contributed by atoms with Crippen LogP contribution >= 0.6 is 0 Å². The standard InChI is InChI=1S/C19H36/c1-14(2)8-10-16-15(3)9-11-17-18(4,5)12-7-13-19(16,17)6/h14-17H,7-13H2,1-6H3. The van der Waals surface area contributed by atoms with E-state index < -0.39 is 0 Å². The lowest BCUT2D eigenvalue weighted by Gasteiger charge is -2.59. The zero-order valence-electron chi connectivity index (χ0n) is 14.3. The van der Waals surface area contributed by atoms with Gasteiger partial charge in [-0.3, -0.25) is 0 Å². The van der Waals surface area contributed by atoms with E-state index in [1.165, 1.54) is 44.9 Å². The van der Waals surface area contributed by atoms with Crippen LogP contribution in [0.3, 0.4) is 0 Å². The molecule has 2 rings (SSSR count). The van der Waals surface area contributed by atoms with Gasteiger partial charge in [0.25, 0.3) is 0 Å². The molecule has 4 atom stereocenters. The van der Waals surface area contributed by atoms with Crippen molar-refractivity contribution in [3.63, 3.8) is 0 Å². The highest BCUT2D eigenvalue weighted by Gasteiger charge is 2.53. The molecule has 0 heteroatoms. The summed E-state index contributed by atoms with van der Waals surface area (Å²) >= 11 is 0. The van der Waals surface area contributed by atoms with Crippen LogP contribution in [0, 0.1) is 34.5 Å². The average molecular weight is 264 g/mol. The summed E-state index contributed by atoms with van der Waals surface area (Å²) in [5.74, 6) is 3.78. The summed E-state index contributed by atoms with van der Waals surface area (Å²) in [5.41, 5.74) is 1.22. The lowest BCUT2D eigenvalue weighted by Crippen LogP contribution is -2.51. The lowest BCUT2D eigenvalue weighted by molar-refractivity contribution is -0.0970. The maximum atomic E-state index is 2.65. The van der Waals surface area contributed by atoms with Crippen LogP contribution in [0.1, 0.15) is 86.5 Å². The molecule has 0 bridgehead atoms. The SMILES string of the molecule is CC(C)CCC1C(C)CCC2C(C)(C)CCCC12C. The molecule has 2 aliphatic carbocycles. The minimum atomic E-state index is 0.587. The van der Waals surface area contributed by atoms with Crippen LogP contribution in [0.15, 0.2) is 0 Å². The van der Waals surface area contributed by atoms with E-state index in [1.807, 2.05) is 0 Å². The van der Waals surface area contributed by atoms with Crippen LogP contribution in [-0.2, 0) is 0 Å². The van der Waals surface area contributed by atoms with Crippen molar-refractivity contribution in [3.8, 4) is 0 Å². The van der Waals surface area contributed by atoms with E-state index in [-0.39, 0.29) is 0 Å². The van der Waals surface area contributed by atoms with E-state index in [0.717, 1.165) is 23.7 Å². The third kappa shape index (κ3) is 2.88. The first-order valence-corrected chi connectivity index (χ1v) is 8.77. The van der Waals surface area contributed by atoms with Gasteiger partial charge in [0, 0.05) is 0 Å². The second kappa shape index (κ2) is 5.41. The zero-order chi connectivity index (χ0) is 14.3. The molecule has 2 aliphatic rings. The molecule has 0 amide bonds. The molecule has 0 aliphatic heterocycles. The van der Waals surface area contributed by atoms with Gasteiger partial charge in [-0.05, 0) is 60.2 Å². The monoisotopic (exact) mass is 264 g/mol.